The summed E-state index contributed by atoms with van der Waals surface area (Å²) in [5.41, 5.74) is -0.107. The molecule has 7 heteroatoms. The number of aliphatic carboxylic acids is 1. The number of thiophene rings is 1. The topological polar surface area (TPSA) is 95.5 Å². The highest BCUT2D eigenvalue weighted by atomic mass is 32.1. The van der Waals surface area contributed by atoms with E-state index in [1.807, 2.05) is 5.38 Å². The third kappa shape index (κ3) is 4.29. The molecule has 114 valence electrons. The fraction of sp³-hybridized carbons (Fsp3) is 0.500. The SMILES string of the molecule is O=C(CCCNC(=O)c1ccsc1)NCC1(C(=O)O)CC1. The lowest BCUT2D eigenvalue weighted by molar-refractivity contribution is -0.143. The number of hydrogen-bond donors (Lipinski definition) is 3. The first-order valence-electron chi connectivity index (χ1n) is 6.84. The van der Waals surface area contributed by atoms with Crippen LogP contribution in [-0.2, 0) is 9.59 Å². The van der Waals surface area contributed by atoms with Crippen LogP contribution in [0.1, 0.15) is 36.0 Å². The Morgan fingerprint density at radius 2 is 2.05 bits per heavy atom. The molecule has 0 bridgehead atoms. The molecular formula is C14H18N2O4S. The van der Waals surface area contributed by atoms with Gasteiger partial charge in [-0.2, -0.15) is 11.3 Å². The van der Waals surface area contributed by atoms with Crippen molar-refractivity contribution in [2.24, 2.45) is 5.41 Å². The number of rotatable bonds is 8. The molecule has 2 rings (SSSR count). The summed E-state index contributed by atoms with van der Waals surface area (Å²) in [6.07, 6.45) is 2.06. The molecule has 0 spiro atoms. The van der Waals surface area contributed by atoms with E-state index in [1.165, 1.54) is 11.3 Å². The van der Waals surface area contributed by atoms with Crippen LogP contribution < -0.4 is 10.6 Å². The van der Waals surface area contributed by atoms with E-state index in [2.05, 4.69) is 10.6 Å². The van der Waals surface area contributed by atoms with Gasteiger partial charge in [0, 0.05) is 30.5 Å². The number of hydrogen-bond acceptors (Lipinski definition) is 4. The molecule has 3 N–H and O–H groups in total. The Morgan fingerprint density at radius 3 is 2.62 bits per heavy atom. The number of amides is 2. The Hall–Kier alpha value is -1.89. The van der Waals surface area contributed by atoms with E-state index in [0.717, 1.165) is 0 Å². The first-order chi connectivity index (χ1) is 10.0. The average molecular weight is 310 g/mol. The van der Waals surface area contributed by atoms with Crippen LogP contribution in [0.15, 0.2) is 16.8 Å². The molecular weight excluding hydrogens is 292 g/mol. The standard InChI is InChI=1S/C14H18N2O4S/c17-11(16-9-14(4-5-14)13(19)20)2-1-6-15-12(18)10-3-7-21-8-10/h3,7-8H,1-2,4-6,9H2,(H,15,18)(H,16,17)(H,19,20). The lowest BCUT2D eigenvalue weighted by Crippen LogP contribution is -2.34. The highest BCUT2D eigenvalue weighted by Gasteiger charge is 2.50. The van der Waals surface area contributed by atoms with Gasteiger partial charge < -0.3 is 15.7 Å². The maximum absolute atomic E-state index is 11.6. The van der Waals surface area contributed by atoms with Crippen molar-refractivity contribution in [3.63, 3.8) is 0 Å². The molecule has 21 heavy (non-hydrogen) atoms. The zero-order valence-corrected chi connectivity index (χ0v) is 12.4. The summed E-state index contributed by atoms with van der Waals surface area (Å²) in [4.78, 5) is 34.2. The Kier molecular flexibility index (Phi) is 4.95. The predicted molar refractivity (Wildman–Crippen MR) is 78.2 cm³/mol. The summed E-state index contributed by atoms with van der Waals surface area (Å²) in [6, 6.07) is 1.74. The third-order valence-corrected chi connectivity index (χ3v) is 4.26. The largest absolute Gasteiger partial charge is 0.481 e. The molecule has 1 aliphatic carbocycles. The molecule has 1 heterocycles. The van der Waals surface area contributed by atoms with Crippen molar-refractivity contribution in [1.29, 1.82) is 0 Å². The third-order valence-electron chi connectivity index (χ3n) is 3.58. The lowest BCUT2D eigenvalue weighted by Gasteiger charge is -2.11. The molecule has 0 unspecified atom stereocenters. The van der Waals surface area contributed by atoms with Crippen molar-refractivity contribution >= 4 is 29.1 Å². The molecule has 6 nitrogen and oxygen atoms in total. The Balaban J connectivity index is 1.57. The minimum Gasteiger partial charge on any atom is -0.481 e. The normalized spacial score (nSPS) is 15.2. The summed E-state index contributed by atoms with van der Waals surface area (Å²) < 4.78 is 0. The number of nitrogens with one attached hydrogen (secondary N) is 2. The molecule has 1 saturated carbocycles. The fourth-order valence-corrected chi connectivity index (χ4v) is 2.56. The van der Waals surface area contributed by atoms with E-state index < -0.39 is 11.4 Å². The molecule has 0 aliphatic heterocycles. The Labute approximate surface area is 126 Å². The van der Waals surface area contributed by atoms with Crippen LogP contribution in [0, 0.1) is 5.41 Å². The van der Waals surface area contributed by atoms with E-state index in [1.54, 1.807) is 11.4 Å². The molecule has 2 amide bonds. The van der Waals surface area contributed by atoms with Gasteiger partial charge in [-0.1, -0.05) is 0 Å². The van der Waals surface area contributed by atoms with Gasteiger partial charge in [-0.15, -0.1) is 0 Å². The average Bonchev–Trinajstić information content (AvgIpc) is 3.06. The van der Waals surface area contributed by atoms with Crippen LogP contribution in [0.4, 0.5) is 0 Å². The number of carboxylic acids is 1. The summed E-state index contributed by atoms with van der Waals surface area (Å²) >= 11 is 1.46. The van der Waals surface area contributed by atoms with E-state index in [9.17, 15) is 14.4 Å². The van der Waals surface area contributed by atoms with Crippen LogP contribution >= 0.6 is 11.3 Å². The highest BCUT2D eigenvalue weighted by Crippen LogP contribution is 2.45. The van der Waals surface area contributed by atoms with Crippen molar-refractivity contribution in [1.82, 2.24) is 10.6 Å². The second-order valence-electron chi connectivity index (χ2n) is 5.23. The van der Waals surface area contributed by atoms with E-state index >= 15 is 0 Å². The van der Waals surface area contributed by atoms with Crippen molar-refractivity contribution in [2.45, 2.75) is 25.7 Å². The van der Waals surface area contributed by atoms with E-state index in [0.29, 0.717) is 31.4 Å². The molecule has 1 fully saturated rings. The van der Waals surface area contributed by atoms with Gasteiger partial charge in [0.2, 0.25) is 5.91 Å². The molecule has 1 aromatic rings. The van der Waals surface area contributed by atoms with Gasteiger partial charge in [-0.25, -0.2) is 0 Å². The van der Waals surface area contributed by atoms with Crippen molar-refractivity contribution in [3.05, 3.63) is 22.4 Å². The van der Waals surface area contributed by atoms with Gasteiger partial charge in [0.05, 0.1) is 5.41 Å². The van der Waals surface area contributed by atoms with Gasteiger partial charge in [0.1, 0.15) is 0 Å². The van der Waals surface area contributed by atoms with E-state index in [4.69, 9.17) is 5.11 Å². The quantitative estimate of drug-likeness (QED) is 0.629. The lowest BCUT2D eigenvalue weighted by atomic mass is 10.1. The van der Waals surface area contributed by atoms with Crippen molar-refractivity contribution < 1.29 is 19.5 Å². The Morgan fingerprint density at radius 1 is 1.29 bits per heavy atom. The van der Waals surface area contributed by atoms with Crippen LogP contribution in [-0.4, -0.2) is 36.0 Å². The molecule has 0 atom stereocenters. The number of carbonyl (C=O) groups excluding carboxylic acids is 2. The van der Waals surface area contributed by atoms with Crippen LogP contribution in [0.2, 0.25) is 0 Å². The second-order valence-corrected chi connectivity index (χ2v) is 6.01. The smallest absolute Gasteiger partial charge is 0.311 e. The number of carbonyl (C=O) groups is 3. The van der Waals surface area contributed by atoms with Crippen LogP contribution in [0.3, 0.4) is 0 Å². The first-order valence-corrected chi connectivity index (χ1v) is 7.78. The van der Waals surface area contributed by atoms with E-state index in [-0.39, 0.29) is 24.8 Å². The summed E-state index contributed by atoms with van der Waals surface area (Å²) in [5.74, 6) is -1.15. The molecule has 0 saturated heterocycles. The van der Waals surface area contributed by atoms with Gasteiger partial charge in [0.25, 0.3) is 5.91 Å². The van der Waals surface area contributed by atoms with Crippen molar-refractivity contribution in [2.75, 3.05) is 13.1 Å². The minimum atomic E-state index is -0.842. The van der Waals surface area contributed by atoms with Gasteiger partial charge in [0.15, 0.2) is 0 Å². The maximum Gasteiger partial charge on any atom is 0.311 e. The number of carboxylic acid groups (broad SMARTS) is 1. The highest BCUT2D eigenvalue weighted by molar-refractivity contribution is 7.08. The predicted octanol–water partition coefficient (Wildman–Crippen LogP) is 1.24. The Bertz CT molecular complexity index is 523. The maximum atomic E-state index is 11.6. The van der Waals surface area contributed by atoms with Crippen molar-refractivity contribution in [3.8, 4) is 0 Å². The summed E-state index contributed by atoms with van der Waals surface area (Å²) in [6.45, 7) is 0.620. The summed E-state index contributed by atoms with van der Waals surface area (Å²) in [7, 11) is 0. The fourth-order valence-electron chi connectivity index (χ4n) is 1.92. The summed E-state index contributed by atoms with van der Waals surface area (Å²) in [5, 5.41) is 18.0. The zero-order valence-electron chi connectivity index (χ0n) is 11.6. The monoisotopic (exact) mass is 310 g/mol. The minimum absolute atomic E-state index is 0.139. The molecule has 0 radical (unpaired) electrons. The van der Waals surface area contributed by atoms with Crippen LogP contribution in [0.5, 0.6) is 0 Å². The van der Waals surface area contributed by atoms with Gasteiger partial charge in [-0.05, 0) is 30.7 Å². The first kappa shape index (κ1) is 15.5. The molecule has 1 aliphatic rings. The van der Waals surface area contributed by atoms with Gasteiger partial charge in [-0.3, -0.25) is 14.4 Å². The second kappa shape index (κ2) is 6.71. The molecule has 1 aromatic heterocycles. The van der Waals surface area contributed by atoms with Crippen LogP contribution in [0.25, 0.3) is 0 Å². The zero-order chi connectivity index (χ0) is 15.3. The molecule has 0 aromatic carbocycles. The van der Waals surface area contributed by atoms with Gasteiger partial charge >= 0.3 is 5.97 Å².